The number of anilines is 1. The first-order valence-electron chi connectivity index (χ1n) is 6.97. The van der Waals surface area contributed by atoms with Gasteiger partial charge in [-0.05, 0) is 37.5 Å². The number of nitrogens with zero attached hydrogens (tertiary/aromatic N) is 1. The largest absolute Gasteiger partial charge is 0.466 e. The second-order valence-corrected chi connectivity index (χ2v) is 5.42. The van der Waals surface area contributed by atoms with E-state index in [9.17, 15) is 9.90 Å². The summed E-state index contributed by atoms with van der Waals surface area (Å²) in [5, 5.41) is 10.3. The van der Waals surface area contributed by atoms with Gasteiger partial charge in [-0.25, -0.2) is 0 Å². The Hall–Kier alpha value is -1.26. The fourth-order valence-corrected chi connectivity index (χ4v) is 2.79. The van der Waals surface area contributed by atoms with Crippen LogP contribution in [0.5, 0.6) is 0 Å². The molecule has 110 valence electrons. The van der Waals surface area contributed by atoms with Gasteiger partial charge in [-0.15, -0.1) is 0 Å². The molecular formula is C15H20ClNO3. The molecule has 1 aliphatic rings. The monoisotopic (exact) mass is 297 g/mol. The molecule has 0 aromatic heterocycles. The van der Waals surface area contributed by atoms with E-state index in [4.69, 9.17) is 16.3 Å². The molecule has 0 amide bonds. The summed E-state index contributed by atoms with van der Waals surface area (Å²) in [5.41, 5.74) is 1.76. The van der Waals surface area contributed by atoms with Crippen LogP contribution in [0.3, 0.4) is 0 Å². The average Bonchev–Trinajstić information content (AvgIpc) is 2.39. The first-order chi connectivity index (χ1) is 9.60. The maximum atomic E-state index is 11.4. The third-order valence-electron chi connectivity index (χ3n) is 3.40. The number of aliphatic hydroxyl groups is 1. The number of ether oxygens (including phenoxy) is 1. The highest BCUT2D eigenvalue weighted by Crippen LogP contribution is 2.29. The van der Waals surface area contributed by atoms with E-state index in [-0.39, 0.29) is 18.5 Å². The molecule has 0 saturated carbocycles. The molecule has 1 unspecified atom stereocenters. The van der Waals surface area contributed by atoms with E-state index in [0.717, 1.165) is 30.6 Å². The Balaban J connectivity index is 2.07. The van der Waals surface area contributed by atoms with Gasteiger partial charge >= 0.3 is 5.97 Å². The van der Waals surface area contributed by atoms with Crippen LogP contribution < -0.4 is 4.90 Å². The quantitative estimate of drug-likeness (QED) is 0.867. The number of piperidine rings is 1. The smallest absolute Gasteiger partial charge is 0.310 e. The summed E-state index contributed by atoms with van der Waals surface area (Å²) in [6, 6.07) is 5.60. The van der Waals surface area contributed by atoms with E-state index in [2.05, 4.69) is 4.90 Å². The van der Waals surface area contributed by atoms with Crippen molar-refractivity contribution in [3.8, 4) is 0 Å². The number of benzene rings is 1. The highest BCUT2D eigenvalue weighted by Gasteiger charge is 2.20. The summed E-state index contributed by atoms with van der Waals surface area (Å²) in [6.45, 7) is 3.68. The van der Waals surface area contributed by atoms with Gasteiger partial charge in [-0.2, -0.15) is 0 Å². The van der Waals surface area contributed by atoms with Crippen LogP contribution in [-0.2, 0) is 16.0 Å². The molecule has 0 spiro atoms. The normalized spacial score (nSPS) is 18.9. The zero-order valence-electron chi connectivity index (χ0n) is 11.6. The number of hydrogen-bond donors (Lipinski definition) is 1. The van der Waals surface area contributed by atoms with Crippen LogP contribution in [0.4, 0.5) is 5.69 Å². The van der Waals surface area contributed by atoms with Crippen LogP contribution in [-0.4, -0.2) is 36.9 Å². The van der Waals surface area contributed by atoms with Crippen molar-refractivity contribution >= 4 is 23.3 Å². The van der Waals surface area contributed by atoms with Crippen molar-refractivity contribution in [3.05, 3.63) is 28.8 Å². The third kappa shape index (κ3) is 3.87. The minimum absolute atomic E-state index is 0.233. The Bertz CT molecular complexity index is 478. The number of carbonyl (C=O) groups excluding carboxylic acids is 1. The Morgan fingerprint density at radius 2 is 2.35 bits per heavy atom. The van der Waals surface area contributed by atoms with Gasteiger partial charge in [0.05, 0.1) is 29.8 Å². The molecule has 0 aliphatic carbocycles. The lowest BCUT2D eigenvalue weighted by molar-refractivity contribution is -0.142. The summed E-state index contributed by atoms with van der Waals surface area (Å²) in [7, 11) is 0. The van der Waals surface area contributed by atoms with Crippen molar-refractivity contribution in [1.29, 1.82) is 0 Å². The number of carbonyl (C=O) groups is 1. The molecule has 1 aliphatic heterocycles. The minimum atomic E-state index is -0.293. The van der Waals surface area contributed by atoms with Crippen LogP contribution in [0.2, 0.25) is 5.02 Å². The molecule has 0 radical (unpaired) electrons. The Kier molecular flexibility index (Phi) is 5.26. The van der Waals surface area contributed by atoms with E-state index in [0.29, 0.717) is 18.2 Å². The molecule has 1 aromatic rings. The molecule has 0 bridgehead atoms. The molecule has 1 saturated heterocycles. The minimum Gasteiger partial charge on any atom is -0.466 e. The number of β-amino-alcohol motifs (C(OH)–C–C–N with tert-alkyl or cyclic N) is 1. The van der Waals surface area contributed by atoms with E-state index >= 15 is 0 Å². The number of halogens is 1. The van der Waals surface area contributed by atoms with Crippen LogP contribution >= 0.6 is 11.6 Å². The zero-order chi connectivity index (χ0) is 14.5. The lowest BCUT2D eigenvalue weighted by Gasteiger charge is -2.32. The Morgan fingerprint density at radius 1 is 1.55 bits per heavy atom. The molecule has 1 heterocycles. The van der Waals surface area contributed by atoms with Crippen LogP contribution in [0.25, 0.3) is 0 Å². The van der Waals surface area contributed by atoms with Gasteiger partial charge in [-0.3, -0.25) is 4.79 Å². The predicted octanol–water partition coefficient (Wildman–Crippen LogP) is 2.41. The van der Waals surface area contributed by atoms with Gasteiger partial charge in [0.25, 0.3) is 0 Å². The maximum absolute atomic E-state index is 11.4. The fraction of sp³-hybridized carbons (Fsp3) is 0.533. The Labute approximate surface area is 124 Å². The third-order valence-corrected chi connectivity index (χ3v) is 3.71. The van der Waals surface area contributed by atoms with Gasteiger partial charge in [0, 0.05) is 13.1 Å². The van der Waals surface area contributed by atoms with Gasteiger partial charge < -0.3 is 14.7 Å². The number of esters is 1. The lowest BCUT2D eigenvalue weighted by atomic mass is 10.1. The summed E-state index contributed by atoms with van der Waals surface area (Å²) >= 11 is 6.30. The SMILES string of the molecule is CCOC(=O)Cc1ccc(N2CCCC(O)C2)c(Cl)c1. The van der Waals surface area contributed by atoms with E-state index < -0.39 is 0 Å². The first-order valence-corrected chi connectivity index (χ1v) is 7.35. The summed E-state index contributed by atoms with van der Waals surface area (Å²) < 4.78 is 4.92. The van der Waals surface area contributed by atoms with Crippen molar-refractivity contribution in [1.82, 2.24) is 0 Å². The van der Waals surface area contributed by atoms with Crippen molar-refractivity contribution in [2.45, 2.75) is 32.3 Å². The Morgan fingerprint density at radius 3 is 3.00 bits per heavy atom. The van der Waals surface area contributed by atoms with Crippen LogP contribution in [0.1, 0.15) is 25.3 Å². The van der Waals surface area contributed by atoms with Crippen molar-refractivity contribution in [3.63, 3.8) is 0 Å². The standard InChI is InChI=1S/C15H20ClNO3/c1-2-20-15(19)9-11-5-6-14(13(16)8-11)17-7-3-4-12(18)10-17/h5-6,8,12,18H,2-4,7,9-10H2,1H3. The number of rotatable bonds is 4. The average molecular weight is 298 g/mol. The molecule has 1 aromatic carbocycles. The van der Waals surface area contributed by atoms with E-state index in [1.807, 2.05) is 12.1 Å². The molecule has 2 rings (SSSR count). The molecule has 1 N–H and O–H groups in total. The molecular weight excluding hydrogens is 278 g/mol. The second-order valence-electron chi connectivity index (χ2n) is 5.01. The van der Waals surface area contributed by atoms with Crippen molar-refractivity contribution in [2.24, 2.45) is 0 Å². The topological polar surface area (TPSA) is 49.8 Å². The summed E-state index contributed by atoms with van der Waals surface area (Å²) in [5.74, 6) is -0.246. The van der Waals surface area contributed by atoms with E-state index in [1.165, 1.54) is 0 Å². The maximum Gasteiger partial charge on any atom is 0.310 e. The van der Waals surface area contributed by atoms with Gasteiger partial charge in [0.1, 0.15) is 0 Å². The molecule has 1 fully saturated rings. The van der Waals surface area contributed by atoms with Gasteiger partial charge in [0.15, 0.2) is 0 Å². The zero-order valence-corrected chi connectivity index (χ0v) is 12.4. The number of hydrogen-bond acceptors (Lipinski definition) is 4. The van der Waals surface area contributed by atoms with Crippen molar-refractivity contribution in [2.75, 3.05) is 24.6 Å². The predicted molar refractivity (Wildman–Crippen MR) is 79.2 cm³/mol. The lowest BCUT2D eigenvalue weighted by Crippen LogP contribution is -2.38. The molecule has 20 heavy (non-hydrogen) atoms. The van der Waals surface area contributed by atoms with Crippen LogP contribution in [0.15, 0.2) is 18.2 Å². The molecule has 5 heteroatoms. The van der Waals surface area contributed by atoms with Crippen molar-refractivity contribution < 1.29 is 14.6 Å². The number of aliphatic hydroxyl groups excluding tert-OH is 1. The van der Waals surface area contributed by atoms with E-state index in [1.54, 1.807) is 13.0 Å². The van der Waals surface area contributed by atoms with Crippen LogP contribution in [0, 0.1) is 0 Å². The highest BCUT2D eigenvalue weighted by molar-refractivity contribution is 6.33. The first kappa shape index (κ1) is 15.1. The summed E-state index contributed by atoms with van der Waals surface area (Å²) in [4.78, 5) is 13.5. The highest BCUT2D eigenvalue weighted by atomic mass is 35.5. The summed E-state index contributed by atoms with van der Waals surface area (Å²) in [6.07, 6.45) is 1.74. The molecule has 4 nitrogen and oxygen atoms in total. The second kappa shape index (κ2) is 6.95. The molecule has 1 atom stereocenters. The van der Waals surface area contributed by atoms with Gasteiger partial charge in [-0.1, -0.05) is 17.7 Å². The fourth-order valence-electron chi connectivity index (χ4n) is 2.47. The van der Waals surface area contributed by atoms with Gasteiger partial charge in [0.2, 0.25) is 0 Å².